The van der Waals surface area contributed by atoms with E-state index in [1.165, 1.54) is 11.1 Å². The van der Waals surface area contributed by atoms with E-state index in [4.69, 9.17) is 10.2 Å². The van der Waals surface area contributed by atoms with Crippen LogP contribution >= 0.6 is 0 Å². The number of nitrogens with zero attached hydrogens (tertiary/aromatic N) is 3. The second-order valence-electron chi connectivity index (χ2n) is 5.74. The van der Waals surface area contributed by atoms with Crippen molar-refractivity contribution in [2.45, 2.75) is 46.2 Å². The molecule has 2 N–H and O–H groups in total. The lowest BCUT2D eigenvalue weighted by Crippen LogP contribution is -2.25. The smallest absolute Gasteiger partial charge is 0.130 e. The fourth-order valence-corrected chi connectivity index (χ4v) is 2.72. The van der Waals surface area contributed by atoms with Gasteiger partial charge in [-0.15, -0.1) is 0 Å². The summed E-state index contributed by atoms with van der Waals surface area (Å²) in [5.41, 5.74) is 9.65. The van der Waals surface area contributed by atoms with Gasteiger partial charge in [-0.1, -0.05) is 6.92 Å². The van der Waals surface area contributed by atoms with E-state index < -0.39 is 0 Å². The topological polar surface area (TPSA) is 60.2 Å². The Hall–Kier alpha value is -1.75. The molecular formula is C16H26N4O. The first-order valence-electron chi connectivity index (χ1n) is 7.46. The second-order valence-corrected chi connectivity index (χ2v) is 5.74. The molecule has 2 heterocycles. The van der Waals surface area contributed by atoms with Crippen LogP contribution in [0.3, 0.4) is 0 Å². The van der Waals surface area contributed by atoms with Crippen molar-refractivity contribution in [2.24, 2.45) is 12.8 Å². The zero-order chi connectivity index (χ0) is 15.6. The number of nitrogens with two attached hydrogens (primary N) is 1. The predicted molar refractivity (Wildman–Crippen MR) is 85.5 cm³/mol. The fraction of sp³-hybridized carbons (Fsp3) is 0.562. The monoisotopic (exact) mass is 290 g/mol. The summed E-state index contributed by atoms with van der Waals surface area (Å²) in [6.07, 6.45) is 3.57. The van der Waals surface area contributed by atoms with Crippen LogP contribution in [0.5, 0.6) is 0 Å². The molecular weight excluding hydrogens is 264 g/mol. The molecule has 0 aromatic carbocycles. The van der Waals surface area contributed by atoms with Gasteiger partial charge in [0, 0.05) is 37.8 Å². The minimum Gasteiger partial charge on any atom is -0.469 e. The number of aryl methyl sites for hydroxylation is 3. The molecule has 1 atom stereocenters. The first-order valence-corrected chi connectivity index (χ1v) is 7.46. The van der Waals surface area contributed by atoms with Gasteiger partial charge >= 0.3 is 0 Å². The van der Waals surface area contributed by atoms with Crippen LogP contribution in [-0.2, 0) is 20.0 Å². The van der Waals surface area contributed by atoms with Crippen LogP contribution in [0.25, 0.3) is 0 Å². The number of hydrogen-bond donors (Lipinski definition) is 1. The van der Waals surface area contributed by atoms with Gasteiger partial charge in [-0.25, -0.2) is 0 Å². The molecule has 21 heavy (non-hydrogen) atoms. The Morgan fingerprint density at radius 3 is 2.71 bits per heavy atom. The minimum atomic E-state index is 0.177. The van der Waals surface area contributed by atoms with Gasteiger partial charge in [-0.3, -0.25) is 4.68 Å². The molecule has 0 aliphatic carbocycles. The summed E-state index contributed by atoms with van der Waals surface area (Å²) in [7, 11) is 4.08. The lowest BCUT2D eigenvalue weighted by atomic mass is 10.0. The molecule has 0 amide bonds. The van der Waals surface area contributed by atoms with Crippen LogP contribution in [0.2, 0.25) is 0 Å². The highest BCUT2D eigenvalue weighted by Crippen LogP contribution is 2.26. The molecule has 2 aromatic rings. The molecule has 0 aliphatic rings. The van der Waals surface area contributed by atoms with Crippen molar-refractivity contribution in [3.63, 3.8) is 0 Å². The average molecular weight is 290 g/mol. The maximum Gasteiger partial charge on any atom is 0.130 e. The minimum absolute atomic E-state index is 0.177. The molecule has 0 saturated heterocycles. The van der Waals surface area contributed by atoms with Crippen molar-refractivity contribution in [1.82, 2.24) is 9.78 Å². The number of anilines is 1. The molecule has 0 fully saturated rings. The van der Waals surface area contributed by atoms with Gasteiger partial charge in [0.25, 0.3) is 0 Å². The Kier molecular flexibility index (Phi) is 4.73. The Morgan fingerprint density at radius 1 is 1.43 bits per heavy atom. The van der Waals surface area contributed by atoms with Gasteiger partial charge in [0.1, 0.15) is 11.6 Å². The van der Waals surface area contributed by atoms with Crippen molar-refractivity contribution < 1.29 is 4.42 Å². The van der Waals surface area contributed by atoms with Crippen LogP contribution in [0.4, 0.5) is 5.82 Å². The van der Waals surface area contributed by atoms with Crippen LogP contribution in [-0.4, -0.2) is 22.9 Å². The molecule has 0 aliphatic heterocycles. The normalized spacial score (nSPS) is 12.7. The predicted octanol–water partition coefficient (Wildman–Crippen LogP) is 2.55. The summed E-state index contributed by atoms with van der Waals surface area (Å²) in [6, 6.07) is 2.20. The van der Waals surface area contributed by atoms with Gasteiger partial charge in [0.2, 0.25) is 0 Å². The summed E-state index contributed by atoms with van der Waals surface area (Å²) in [5, 5.41) is 4.57. The van der Waals surface area contributed by atoms with E-state index in [0.717, 1.165) is 36.7 Å². The number of rotatable bonds is 6. The largest absolute Gasteiger partial charge is 0.469 e. The first-order chi connectivity index (χ1) is 9.93. The Bertz CT molecular complexity index is 599. The van der Waals surface area contributed by atoms with Crippen LogP contribution in [0.1, 0.15) is 35.9 Å². The van der Waals surface area contributed by atoms with E-state index >= 15 is 0 Å². The van der Waals surface area contributed by atoms with E-state index in [-0.39, 0.29) is 6.04 Å². The molecule has 2 rings (SSSR count). The maximum absolute atomic E-state index is 6.14. The van der Waals surface area contributed by atoms with Crippen LogP contribution < -0.4 is 10.6 Å². The van der Waals surface area contributed by atoms with Gasteiger partial charge in [-0.2, -0.15) is 5.10 Å². The molecule has 0 saturated carbocycles. The molecule has 116 valence electrons. The van der Waals surface area contributed by atoms with Gasteiger partial charge < -0.3 is 15.1 Å². The summed E-state index contributed by atoms with van der Waals surface area (Å²) in [5.74, 6) is 2.10. The van der Waals surface area contributed by atoms with Gasteiger partial charge in [0.05, 0.1) is 12.0 Å². The van der Waals surface area contributed by atoms with E-state index in [9.17, 15) is 0 Å². The van der Waals surface area contributed by atoms with Crippen LogP contribution in [0, 0.1) is 13.8 Å². The third-order valence-corrected chi connectivity index (χ3v) is 4.04. The molecule has 0 radical (unpaired) electrons. The molecule has 5 nitrogen and oxygen atoms in total. The third kappa shape index (κ3) is 3.29. The Morgan fingerprint density at radius 2 is 2.14 bits per heavy atom. The van der Waals surface area contributed by atoms with E-state index in [0.29, 0.717) is 0 Å². The van der Waals surface area contributed by atoms with E-state index in [2.05, 4.69) is 30.9 Å². The zero-order valence-electron chi connectivity index (χ0n) is 13.7. The fourth-order valence-electron chi connectivity index (χ4n) is 2.72. The molecule has 1 unspecified atom stereocenters. The summed E-state index contributed by atoms with van der Waals surface area (Å²) in [6.45, 7) is 6.97. The maximum atomic E-state index is 6.14. The van der Waals surface area contributed by atoms with Gasteiger partial charge in [-0.05, 0) is 32.8 Å². The summed E-state index contributed by atoms with van der Waals surface area (Å²) < 4.78 is 7.33. The molecule has 0 spiro atoms. The number of hydrogen-bond acceptors (Lipinski definition) is 4. The van der Waals surface area contributed by atoms with Crippen molar-refractivity contribution in [1.29, 1.82) is 0 Å². The highest BCUT2D eigenvalue weighted by atomic mass is 16.3. The molecule has 5 heteroatoms. The molecule has 2 aromatic heterocycles. The Labute approximate surface area is 126 Å². The van der Waals surface area contributed by atoms with Crippen LogP contribution in [0.15, 0.2) is 16.7 Å². The standard InChI is InChI=1S/C16H26N4O/c1-6-14(17)9-15-11(2)18-20(5)16(15)19(4)10-13-7-8-21-12(13)3/h7-8,14H,6,9-10,17H2,1-5H3. The zero-order valence-corrected chi connectivity index (χ0v) is 13.7. The van der Waals surface area contributed by atoms with Gasteiger partial charge in [0.15, 0.2) is 0 Å². The second kappa shape index (κ2) is 6.35. The lowest BCUT2D eigenvalue weighted by Gasteiger charge is -2.22. The summed E-state index contributed by atoms with van der Waals surface area (Å²) >= 11 is 0. The lowest BCUT2D eigenvalue weighted by molar-refractivity contribution is 0.529. The Balaban J connectivity index is 2.27. The highest BCUT2D eigenvalue weighted by Gasteiger charge is 2.19. The quantitative estimate of drug-likeness (QED) is 0.888. The van der Waals surface area contributed by atoms with E-state index in [1.807, 2.05) is 24.7 Å². The number of aromatic nitrogens is 2. The third-order valence-electron chi connectivity index (χ3n) is 4.04. The van der Waals surface area contributed by atoms with Crippen molar-refractivity contribution in [2.75, 3.05) is 11.9 Å². The highest BCUT2D eigenvalue weighted by molar-refractivity contribution is 5.50. The SMILES string of the molecule is CCC(N)Cc1c(C)nn(C)c1N(C)Cc1ccoc1C. The van der Waals surface area contributed by atoms with Crippen molar-refractivity contribution in [3.05, 3.63) is 34.9 Å². The molecule has 0 bridgehead atoms. The van der Waals surface area contributed by atoms with E-state index in [1.54, 1.807) is 6.26 Å². The average Bonchev–Trinajstić information content (AvgIpc) is 2.94. The van der Waals surface area contributed by atoms with Crippen molar-refractivity contribution >= 4 is 5.82 Å². The van der Waals surface area contributed by atoms with Crippen molar-refractivity contribution in [3.8, 4) is 0 Å². The summed E-state index contributed by atoms with van der Waals surface area (Å²) in [4.78, 5) is 2.22. The number of furan rings is 1. The first kappa shape index (κ1) is 15.6.